The van der Waals surface area contributed by atoms with E-state index in [1.165, 1.54) is 16.5 Å². The molecule has 1 aliphatic carbocycles. The number of nitrogens with one attached hydrogen (secondary N) is 2. The predicted octanol–water partition coefficient (Wildman–Crippen LogP) is 3.79. The zero-order chi connectivity index (χ0) is 23.6. The highest BCUT2D eigenvalue weighted by atomic mass is 16.2. The molecule has 7 heteroatoms. The van der Waals surface area contributed by atoms with Crippen LogP contribution in [0.15, 0.2) is 36.4 Å². The lowest BCUT2D eigenvalue weighted by molar-refractivity contribution is -0.131. The number of amides is 4. The Morgan fingerprint density at radius 1 is 1.12 bits per heavy atom. The Labute approximate surface area is 194 Å². The van der Waals surface area contributed by atoms with Crippen LogP contribution in [0.2, 0.25) is 0 Å². The summed E-state index contributed by atoms with van der Waals surface area (Å²) in [6.45, 7) is 6.87. The minimum Gasteiger partial charge on any atom is -0.352 e. The Bertz CT molecular complexity index is 1090. The van der Waals surface area contributed by atoms with E-state index >= 15 is 0 Å². The van der Waals surface area contributed by atoms with Crippen LogP contribution < -0.4 is 10.6 Å². The summed E-state index contributed by atoms with van der Waals surface area (Å²) in [4.78, 5) is 38.4. The van der Waals surface area contributed by atoms with Crippen molar-refractivity contribution in [3.63, 3.8) is 0 Å². The van der Waals surface area contributed by atoms with Gasteiger partial charge in [0.2, 0.25) is 5.91 Å². The van der Waals surface area contributed by atoms with E-state index < -0.39 is 5.54 Å². The SMILES string of the molecule is Cc1ccc(-n2c(C)cc(/C=C/C(=O)NCCCN3C(=O)NC4(CCCC4)C3=O)c2C)cc1. The molecule has 33 heavy (non-hydrogen) atoms. The molecule has 0 unspecified atom stereocenters. The zero-order valence-corrected chi connectivity index (χ0v) is 19.6. The summed E-state index contributed by atoms with van der Waals surface area (Å²) < 4.78 is 2.17. The van der Waals surface area contributed by atoms with Gasteiger partial charge in [0.1, 0.15) is 5.54 Å². The van der Waals surface area contributed by atoms with E-state index in [4.69, 9.17) is 0 Å². The number of urea groups is 1. The number of aryl methyl sites for hydroxylation is 2. The number of benzene rings is 1. The summed E-state index contributed by atoms with van der Waals surface area (Å²) >= 11 is 0. The van der Waals surface area contributed by atoms with E-state index in [9.17, 15) is 14.4 Å². The van der Waals surface area contributed by atoms with E-state index in [-0.39, 0.29) is 17.8 Å². The van der Waals surface area contributed by atoms with Gasteiger partial charge in [-0.05, 0) is 69.9 Å². The first-order valence-corrected chi connectivity index (χ1v) is 11.7. The van der Waals surface area contributed by atoms with Gasteiger partial charge >= 0.3 is 6.03 Å². The highest BCUT2D eigenvalue weighted by Crippen LogP contribution is 2.35. The van der Waals surface area contributed by atoms with E-state index in [1.807, 2.05) is 13.0 Å². The standard InChI is InChI=1S/C26H32N4O3/c1-18-7-10-22(11-8-18)30-19(2)17-21(20(30)3)9-12-23(31)27-15-6-16-29-24(32)26(28-25(29)33)13-4-5-14-26/h7-12,17H,4-6,13-16H2,1-3H3,(H,27,31)(H,28,33)/b12-9+. The fourth-order valence-corrected chi connectivity index (χ4v) is 4.92. The Morgan fingerprint density at radius 3 is 2.52 bits per heavy atom. The number of carbonyl (C=O) groups excluding carboxylic acids is 3. The van der Waals surface area contributed by atoms with Crippen LogP contribution in [0.4, 0.5) is 4.79 Å². The van der Waals surface area contributed by atoms with Gasteiger partial charge in [-0.1, -0.05) is 30.5 Å². The van der Waals surface area contributed by atoms with Gasteiger partial charge in [-0.2, -0.15) is 0 Å². The Kier molecular flexibility index (Phi) is 6.40. The van der Waals surface area contributed by atoms with Crippen LogP contribution in [0.5, 0.6) is 0 Å². The van der Waals surface area contributed by atoms with Gasteiger partial charge in [0.15, 0.2) is 0 Å². The first-order valence-electron chi connectivity index (χ1n) is 11.7. The molecule has 1 aromatic heterocycles. The second-order valence-corrected chi connectivity index (χ2v) is 9.15. The molecule has 1 aromatic carbocycles. The monoisotopic (exact) mass is 448 g/mol. The van der Waals surface area contributed by atoms with Crippen LogP contribution >= 0.6 is 0 Å². The highest BCUT2D eigenvalue weighted by Gasteiger charge is 2.51. The molecular weight excluding hydrogens is 416 g/mol. The van der Waals surface area contributed by atoms with Gasteiger partial charge in [-0.25, -0.2) is 4.79 Å². The smallest absolute Gasteiger partial charge is 0.325 e. The number of hydrogen-bond acceptors (Lipinski definition) is 3. The predicted molar refractivity (Wildman–Crippen MR) is 128 cm³/mol. The first kappa shape index (κ1) is 22.8. The molecule has 174 valence electrons. The number of imide groups is 1. The van der Waals surface area contributed by atoms with E-state index in [0.717, 1.165) is 48.3 Å². The average molecular weight is 449 g/mol. The van der Waals surface area contributed by atoms with Gasteiger partial charge in [0.25, 0.3) is 5.91 Å². The molecule has 0 radical (unpaired) electrons. The average Bonchev–Trinajstić information content (AvgIpc) is 3.43. The Morgan fingerprint density at radius 2 is 1.82 bits per heavy atom. The summed E-state index contributed by atoms with van der Waals surface area (Å²) in [5, 5.41) is 5.72. The normalized spacial score (nSPS) is 17.4. The van der Waals surface area contributed by atoms with E-state index in [2.05, 4.69) is 59.4 Å². The minimum absolute atomic E-state index is 0.111. The molecular formula is C26H32N4O3. The van der Waals surface area contributed by atoms with Gasteiger partial charge in [0.05, 0.1) is 0 Å². The molecule has 1 saturated heterocycles. The van der Waals surface area contributed by atoms with Crippen molar-refractivity contribution in [3.8, 4) is 5.69 Å². The van der Waals surface area contributed by atoms with Crippen molar-refractivity contribution in [1.82, 2.24) is 20.1 Å². The molecule has 4 amide bonds. The maximum atomic E-state index is 12.6. The van der Waals surface area contributed by atoms with Crippen molar-refractivity contribution < 1.29 is 14.4 Å². The molecule has 2 aliphatic rings. The Balaban J connectivity index is 1.29. The van der Waals surface area contributed by atoms with Crippen molar-refractivity contribution in [1.29, 1.82) is 0 Å². The number of aromatic nitrogens is 1. The zero-order valence-electron chi connectivity index (χ0n) is 19.6. The van der Waals surface area contributed by atoms with Crippen LogP contribution in [-0.4, -0.2) is 45.9 Å². The first-order chi connectivity index (χ1) is 15.8. The molecule has 2 N–H and O–H groups in total. The van der Waals surface area contributed by atoms with Gasteiger partial charge < -0.3 is 15.2 Å². The fraction of sp³-hybridized carbons (Fsp3) is 0.423. The molecule has 1 saturated carbocycles. The molecule has 2 aromatic rings. The molecule has 0 atom stereocenters. The second-order valence-electron chi connectivity index (χ2n) is 9.15. The lowest BCUT2D eigenvalue weighted by Gasteiger charge is -2.19. The number of nitrogens with zero attached hydrogens (tertiary/aromatic N) is 2. The maximum Gasteiger partial charge on any atom is 0.325 e. The van der Waals surface area contributed by atoms with Crippen LogP contribution in [0.25, 0.3) is 11.8 Å². The highest BCUT2D eigenvalue weighted by molar-refractivity contribution is 6.07. The second kappa shape index (κ2) is 9.25. The lowest BCUT2D eigenvalue weighted by atomic mass is 9.98. The third-order valence-corrected chi connectivity index (χ3v) is 6.74. The van der Waals surface area contributed by atoms with Gasteiger partial charge in [0, 0.05) is 36.2 Å². The van der Waals surface area contributed by atoms with Gasteiger partial charge in [-0.3, -0.25) is 14.5 Å². The molecule has 2 fully saturated rings. The van der Waals surface area contributed by atoms with Crippen LogP contribution in [0, 0.1) is 20.8 Å². The third kappa shape index (κ3) is 4.58. The van der Waals surface area contributed by atoms with Crippen molar-refractivity contribution in [2.45, 2.75) is 58.4 Å². The molecule has 1 aliphatic heterocycles. The quantitative estimate of drug-likeness (QED) is 0.384. The number of rotatable bonds is 7. The van der Waals surface area contributed by atoms with Gasteiger partial charge in [-0.15, -0.1) is 0 Å². The Hall–Kier alpha value is -3.35. The summed E-state index contributed by atoms with van der Waals surface area (Å²) in [6.07, 6.45) is 7.26. The largest absolute Gasteiger partial charge is 0.352 e. The van der Waals surface area contributed by atoms with Crippen LogP contribution in [0.1, 0.15) is 54.6 Å². The molecule has 0 bridgehead atoms. The van der Waals surface area contributed by atoms with Crippen LogP contribution in [0.3, 0.4) is 0 Å². The van der Waals surface area contributed by atoms with E-state index in [1.54, 1.807) is 0 Å². The lowest BCUT2D eigenvalue weighted by Crippen LogP contribution is -2.44. The molecule has 4 rings (SSSR count). The van der Waals surface area contributed by atoms with Crippen molar-refractivity contribution >= 4 is 23.9 Å². The summed E-state index contributed by atoms with van der Waals surface area (Å²) in [7, 11) is 0. The van der Waals surface area contributed by atoms with E-state index in [0.29, 0.717) is 19.5 Å². The van der Waals surface area contributed by atoms with Crippen molar-refractivity contribution in [3.05, 3.63) is 58.9 Å². The fourth-order valence-electron chi connectivity index (χ4n) is 4.92. The number of hydrogen-bond donors (Lipinski definition) is 2. The number of carbonyl (C=O) groups is 3. The van der Waals surface area contributed by atoms with Crippen molar-refractivity contribution in [2.24, 2.45) is 0 Å². The maximum absolute atomic E-state index is 12.6. The van der Waals surface area contributed by atoms with Crippen molar-refractivity contribution in [2.75, 3.05) is 13.1 Å². The molecule has 1 spiro atoms. The topological polar surface area (TPSA) is 83.4 Å². The summed E-state index contributed by atoms with van der Waals surface area (Å²) in [6, 6.07) is 10.1. The molecule has 2 heterocycles. The minimum atomic E-state index is -0.673. The summed E-state index contributed by atoms with van der Waals surface area (Å²) in [5.74, 6) is -0.306. The summed E-state index contributed by atoms with van der Waals surface area (Å²) in [5.41, 5.74) is 4.80. The molecule has 7 nitrogen and oxygen atoms in total. The van der Waals surface area contributed by atoms with Crippen LogP contribution in [-0.2, 0) is 9.59 Å². The third-order valence-electron chi connectivity index (χ3n) is 6.74.